The van der Waals surface area contributed by atoms with Gasteiger partial charge in [0.15, 0.2) is 18.2 Å². The molecule has 6 aromatic heterocycles. The molecule has 0 fully saturated rings. The Morgan fingerprint density at radius 3 is 1.30 bits per heavy atom. The molecule has 0 spiro atoms. The van der Waals surface area contributed by atoms with E-state index in [0.29, 0.717) is 28.1 Å². The number of pyridine rings is 6. The van der Waals surface area contributed by atoms with E-state index in [-0.39, 0.29) is 31.3 Å². The second kappa shape index (κ2) is 42.0. The second-order valence-corrected chi connectivity index (χ2v) is 17.9. The normalized spacial score (nSPS) is 10.1. The fourth-order valence-corrected chi connectivity index (χ4v) is 5.70. The summed E-state index contributed by atoms with van der Waals surface area (Å²) in [5, 5.41) is 28.4. The zero-order chi connectivity index (χ0) is 61.2. The van der Waals surface area contributed by atoms with E-state index in [1.54, 1.807) is 86.3 Å². The molecule has 2 N–H and O–H groups in total. The van der Waals surface area contributed by atoms with Crippen molar-refractivity contribution in [2.45, 2.75) is 47.8 Å². The first-order chi connectivity index (χ1) is 38.6. The zero-order valence-electron chi connectivity index (χ0n) is 47.2. The Hall–Kier alpha value is -8.99. The van der Waals surface area contributed by atoms with Crippen LogP contribution in [0.5, 0.6) is 0 Å². The Morgan fingerprint density at radius 1 is 0.519 bits per heavy atom. The average Bonchev–Trinajstić information content (AvgIpc) is 3.50. The summed E-state index contributed by atoms with van der Waals surface area (Å²) in [6.45, 7) is 9.28. The molecule has 6 rings (SSSR count). The Morgan fingerprint density at radius 2 is 0.951 bits per heavy atom. The number of carbonyl (C=O) groups is 6. The van der Waals surface area contributed by atoms with Crippen LogP contribution in [-0.2, 0) is 69.7 Å². The van der Waals surface area contributed by atoms with Crippen molar-refractivity contribution in [2.75, 3.05) is 55.9 Å². The van der Waals surface area contributed by atoms with Crippen molar-refractivity contribution in [2.24, 2.45) is 0 Å². The maximum Gasteiger partial charge on any atom is 0.341 e. The summed E-state index contributed by atoms with van der Waals surface area (Å²) in [6, 6.07) is 21.4. The van der Waals surface area contributed by atoms with Crippen LogP contribution in [0.2, 0.25) is 0 Å². The molecule has 6 aromatic rings. The number of ether oxygens (including phenoxy) is 5. The minimum atomic E-state index is -3.23. The number of carbonyl (C=O) groups excluding carboxylic acids is 6. The van der Waals surface area contributed by atoms with Gasteiger partial charge in [-0.1, -0.05) is 18.2 Å². The van der Waals surface area contributed by atoms with Gasteiger partial charge in [0.1, 0.15) is 6.16 Å². The van der Waals surface area contributed by atoms with Crippen molar-refractivity contribution in [3.8, 4) is 0 Å². The number of methoxy groups -OCH3 is 5. The lowest BCUT2D eigenvalue weighted by atomic mass is 10.2. The number of aromatic nitrogens is 6. The monoisotopic (exact) mass is 1140 g/mol. The van der Waals surface area contributed by atoms with Gasteiger partial charge >= 0.3 is 37.4 Å². The number of aliphatic hydroxyl groups excluding tert-OH is 2. The Bertz CT molecular complexity index is 2950. The summed E-state index contributed by atoms with van der Waals surface area (Å²) in [6.07, 6.45) is 18.6. The van der Waals surface area contributed by atoms with Gasteiger partial charge in [-0.25, -0.2) is 19.2 Å². The molecule has 0 aliphatic carbocycles. The fourth-order valence-electron chi connectivity index (χ4n) is 4.85. The molecule has 6 heterocycles. The lowest BCUT2D eigenvalue weighted by Crippen LogP contribution is -2.29. The number of esters is 5. The first kappa shape index (κ1) is 72.0. The summed E-state index contributed by atoms with van der Waals surface area (Å²) >= 11 is 0. The third kappa shape index (κ3) is 33.8. The van der Waals surface area contributed by atoms with Crippen molar-refractivity contribution in [1.82, 2.24) is 24.9 Å². The maximum atomic E-state index is 11.2. The van der Waals surface area contributed by atoms with Crippen LogP contribution in [0.1, 0.15) is 77.1 Å². The molecule has 0 aliphatic heterocycles. The molecule has 0 atom stereocenters. The molecule has 0 radical (unpaired) electrons. The van der Waals surface area contributed by atoms with E-state index >= 15 is 0 Å². The van der Waals surface area contributed by atoms with Crippen LogP contribution in [0.4, 0.5) is 0 Å². The van der Waals surface area contributed by atoms with E-state index in [4.69, 9.17) is 10.2 Å². The van der Waals surface area contributed by atoms with Gasteiger partial charge in [0.25, 0.3) is 0 Å². The van der Waals surface area contributed by atoms with Crippen LogP contribution in [0.15, 0.2) is 128 Å². The van der Waals surface area contributed by atoms with Crippen LogP contribution in [0.3, 0.4) is 0 Å². The van der Waals surface area contributed by atoms with Gasteiger partial charge in [-0.05, 0) is 111 Å². The molecule has 434 valence electrons. The SMILES string of the molecule is COC(=O)/C=C/c1ccc(C)[n+]([O-])c1.COC(=O)/C=C/c1ccc(C)nc1.COC(=O)/C=C/c1ccc(CO)nc1.COC(=O)CP(=O)(OC)OC.COC(=O)c1ccc(C)nc1.Cc1ccc(C=O)cn1.Cc1ccc(CO)cn1. The fraction of sp³-hybridized carbons (Fsp3) is 0.263. The molecule has 0 aromatic carbocycles. The number of hydrogen-bond donors (Lipinski definition) is 2. The first-order valence-electron chi connectivity index (χ1n) is 23.7. The van der Waals surface area contributed by atoms with Crippen molar-refractivity contribution >= 4 is 62.0 Å². The van der Waals surface area contributed by atoms with Crippen molar-refractivity contribution < 1.29 is 81.0 Å². The molecule has 24 heteroatoms. The van der Waals surface area contributed by atoms with Gasteiger partial charge < -0.3 is 48.2 Å². The first-order valence-corrected chi connectivity index (χ1v) is 25.5. The van der Waals surface area contributed by atoms with Gasteiger partial charge in [-0.3, -0.25) is 39.1 Å². The topological polar surface area (TPSA) is 316 Å². The molecular weight excluding hydrogens is 1070 g/mol. The van der Waals surface area contributed by atoms with Crippen molar-refractivity contribution in [3.05, 3.63) is 201 Å². The quantitative estimate of drug-likeness (QED) is 0.0210. The molecule has 0 unspecified atom stereocenters. The molecule has 0 amide bonds. The summed E-state index contributed by atoms with van der Waals surface area (Å²) < 4.78 is 43.0. The number of hydrogen-bond acceptors (Lipinski definition) is 22. The highest BCUT2D eigenvalue weighted by molar-refractivity contribution is 7.54. The number of nitrogens with zero attached hydrogens (tertiary/aromatic N) is 6. The summed E-state index contributed by atoms with van der Waals surface area (Å²) in [7, 11) is 5.73. The summed E-state index contributed by atoms with van der Waals surface area (Å²) in [5.41, 5.74) is 9.26. The van der Waals surface area contributed by atoms with Crippen molar-refractivity contribution in [3.63, 3.8) is 0 Å². The average molecular weight is 1140 g/mol. The summed E-state index contributed by atoms with van der Waals surface area (Å²) in [4.78, 5) is 83.6. The third-order valence-corrected chi connectivity index (χ3v) is 11.3. The highest BCUT2D eigenvalue weighted by atomic mass is 31.2. The van der Waals surface area contributed by atoms with Crippen molar-refractivity contribution in [1.29, 1.82) is 0 Å². The number of aliphatic hydroxyl groups is 2. The highest BCUT2D eigenvalue weighted by Crippen LogP contribution is 2.45. The van der Waals surface area contributed by atoms with E-state index in [0.717, 1.165) is 50.5 Å². The minimum absolute atomic E-state index is 0.0767. The molecule has 23 nitrogen and oxygen atoms in total. The lowest BCUT2D eigenvalue weighted by molar-refractivity contribution is -0.612. The van der Waals surface area contributed by atoms with E-state index in [1.165, 1.54) is 86.5 Å². The molecule has 0 aliphatic rings. The Labute approximate surface area is 471 Å². The van der Waals surface area contributed by atoms with E-state index in [9.17, 15) is 38.5 Å². The van der Waals surface area contributed by atoms with Gasteiger partial charge in [-0.2, -0.15) is 4.73 Å². The van der Waals surface area contributed by atoms with Crippen LogP contribution in [0.25, 0.3) is 18.2 Å². The standard InChI is InChI=1S/2C10H11NO3.C10H11NO2.C8H9NO2.C7H9NO.C7H7NO.C5H11O5P/c1-8-3-4-9(7-11(8)13)5-6-10(12)14-2;1-14-10(13)5-3-8-2-4-9(7-12)11-6-8;1-8-3-4-9(7-11-8)5-6-10(12)13-2;1-6-3-4-7(5-9-6)8(10)11-2;2*1-6-2-3-7(5-9)4-8-6;1-8-5(6)4-11(7,9-2)10-3/h3-7H,1-2H3;2-6,12H,7H2,1H3;3-7H,1-2H3;3-5H,1-2H3;2-4,9H,5H2,1H3;2-5H,1H3;4H2,1-3H3/b6-5+;5-3+;6-5+;;;;. The zero-order valence-corrected chi connectivity index (χ0v) is 48.1. The van der Waals surface area contributed by atoms with Crippen LogP contribution >= 0.6 is 7.60 Å². The van der Waals surface area contributed by atoms with Gasteiger partial charge in [-0.15, -0.1) is 0 Å². The molecule has 81 heavy (non-hydrogen) atoms. The predicted molar refractivity (Wildman–Crippen MR) is 301 cm³/mol. The number of aldehydes is 1. The van der Waals surface area contributed by atoms with Crippen LogP contribution in [0, 0.1) is 39.8 Å². The maximum absolute atomic E-state index is 11.2. The van der Waals surface area contributed by atoms with Crippen LogP contribution in [-0.4, -0.2) is 127 Å². The van der Waals surface area contributed by atoms with E-state index in [1.807, 2.05) is 58.0 Å². The Balaban J connectivity index is 0.000000927. The third-order valence-electron chi connectivity index (χ3n) is 9.58. The lowest BCUT2D eigenvalue weighted by Gasteiger charge is -2.10. The smallest absolute Gasteiger partial charge is 0.341 e. The van der Waals surface area contributed by atoms with Gasteiger partial charge in [0.05, 0.1) is 60.0 Å². The molecule has 0 bridgehead atoms. The van der Waals surface area contributed by atoms with Gasteiger partial charge in [0.2, 0.25) is 0 Å². The molecule has 0 saturated heterocycles. The molecular formula is C57H69N6O17P. The van der Waals surface area contributed by atoms with E-state index in [2.05, 4.69) is 57.7 Å². The number of aryl methyl sites for hydroxylation is 5. The predicted octanol–water partition coefficient (Wildman–Crippen LogP) is 7.06. The minimum Gasteiger partial charge on any atom is -0.618 e. The summed E-state index contributed by atoms with van der Waals surface area (Å²) in [5.74, 6) is -2.17. The molecule has 0 saturated carbocycles. The highest BCUT2D eigenvalue weighted by Gasteiger charge is 2.25. The second-order valence-electron chi connectivity index (χ2n) is 15.7. The largest absolute Gasteiger partial charge is 0.618 e. The van der Waals surface area contributed by atoms with Crippen LogP contribution < -0.4 is 4.73 Å². The number of rotatable bonds is 14. The Kier molecular flexibility index (Phi) is 37.4. The van der Waals surface area contributed by atoms with Gasteiger partial charge in [0, 0.05) is 110 Å². The van der Waals surface area contributed by atoms with E-state index < -0.39 is 25.5 Å².